The molecule has 2 heterocycles. The molecule has 0 aliphatic carbocycles. The normalized spacial score (nSPS) is 12.9. The molecule has 2 aromatic heterocycles. The average Bonchev–Trinajstić information content (AvgIpc) is 3.60. The first-order chi connectivity index (χ1) is 30.7. The van der Waals surface area contributed by atoms with Gasteiger partial charge in [-0.15, -0.1) is 34.9 Å². The quantitative estimate of drug-likeness (QED) is 0.169. The summed E-state index contributed by atoms with van der Waals surface area (Å²) in [5.41, 5.74) is 16.5. The van der Waals surface area contributed by atoms with Gasteiger partial charge in [0.15, 0.2) is 0 Å². The predicted octanol–water partition coefficient (Wildman–Crippen LogP) is 17.1. The molecule has 0 fully saturated rings. The number of pyridine rings is 1. The van der Waals surface area contributed by atoms with Crippen molar-refractivity contribution in [2.45, 2.75) is 133 Å². The molecule has 350 valence electrons. The molecule has 0 spiro atoms. The van der Waals surface area contributed by atoms with Crippen LogP contribution < -0.4 is 0 Å². The van der Waals surface area contributed by atoms with Gasteiger partial charge in [-0.2, -0.15) is 0 Å². The second-order valence-corrected chi connectivity index (χ2v) is 24.1. The van der Waals surface area contributed by atoms with Crippen molar-refractivity contribution in [2.24, 2.45) is 10.8 Å². The van der Waals surface area contributed by atoms with Crippen molar-refractivity contribution in [3.05, 3.63) is 155 Å². The van der Waals surface area contributed by atoms with Gasteiger partial charge in [-0.25, -0.2) is 4.98 Å². The summed E-state index contributed by atoms with van der Waals surface area (Å²) in [7, 11) is 0. The molecule has 67 heavy (non-hydrogen) atoms. The standard InChI is InChI=1S/C62H70N3O.Pt/c1-38-30-40-18-17-29-63-54(40)49(31-38)42-32-43(34-44(33-42)56(61(11,12)13)62(14,15)16)50-35-41(39-19-21-45(22-20-39)58(2,3)4)36-52-55(50)64-57(51-37-47(60(8,9)10)25-28-53(51)66)65(52)48-26-23-46(24-27-48)59(5,6)7;/h17-31,33-37,56,66H,1-16H3;/q-1;. The van der Waals surface area contributed by atoms with E-state index in [0.717, 1.165) is 66.6 Å². The fourth-order valence-electron chi connectivity index (χ4n) is 10.3. The molecule has 5 heteroatoms. The van der Waals surface area contributed by atoms with E-state index in [1.165, 1.54) is 22.3 Å². The molecule has 0 bridgehead atoms. The fourth-order valence-corrected chi connectivity index (χ4v) is 10.3. The molecule has 0 atom stereocenters. The van der Waals surface area contributed by atoms with E-state index in [-0.39, 0.29) is 59.8 Å². The molecular weight excluding hydrogens is 998 g/mol. The predicted molar refractivity (Wildman–Crippen MR) is 281 cm³/mol. The number of aromatic hydroxyl groups is 1. The van der Waals surface area contributed by atoms with Crippen LogP contribution >= 0.6 is 0 Å². The van der Waals surface area contributed by atoms with Crippen molar-refractivity contribution in [3.8, 4) is 56.2 Å². The third-order valence-corrected chi connectivity index (χ3v) is 13.3. The number of rotatable bonds is 6. The molecule has 4 nitrogen and oxygen atoms in total. The Bertz CT molecular complexity index is 3090. The number of fused-ring (bicyclic) bond motifs is 2. The van der Waals surface area contributed by atoms with Crippen LogP contribution in [0, 0.1) is 23.8 Å². The van der Waals surface area contributed by atoms with Crippen LogP contribution in [0.1, 0.15) is 138 Å². The Balaban J connectivity index is 0.00000666. The minimum Gasteiger partial charge on any atom is -0.507 e. The van der Waals surface area contributed by atoms with Crippen LogP contribution in [0.4, 0.5) is 0 Å². The van der Waals surface area contributed by atoms with Gasteiger partial charge in [-0.05, 0) is 110 Å². The SMILES string of the molecule is Cc1cc(-c2[c-]c(-c3cc(-c4ccc(C(C)(C)C)cc4)cc4c3nc(-c3cc(C(C)(C)C)ccc3O)n4-c3ccc(C(C)(C)C)cc3)cc(C(C(C)(C)C)C(C)(C)C)c2)c2ncccc2c1.[Pt]. The van der Waals surface area contributed by atoms with Crippen LogP contribution in [-0.2, 0) is 37.3 Å². The summed E-state index contributed by atoms with van der Waals surface area (Å²) in [5.74, 6) is 1.07. The van der Waals surface area contributed by atoms with Gasteiger partial charge in [0.2, 0.25) is 0 Å². The summed E-state index contributed by atoms with van der Waals surface area (Å²) >= 11 is 0. The maximum Gasteiger partial charge on any atom is 0.148 e. The summed E-state index contributed by atoms with van der Waals surface area (Å²) < 4.78 is 2.26. The van der Waals surface area contributed by atoms with Gasteiger partial charge >= 0.3 is 0 Å². The van der Waals surface area contributed by atoms with E-state index in [1.54, 1.807) is 0 Å². The van der Waals surface area contributed by atoms with Crippen molar-refractivity contribution >= 4 is 21.9 Å². The Kier molecular flexibility index (Phi) is 13.1. The summed E-state index contributed by atoms with van der Waals surface area (Å²) in [6, 6.07) is 45.9. The smallest absolute Gasteiger partial charge is 0.148 e. The van der Waals surface area contributed by atoms with E-state index in [9.17, 15) is 5.11 Å². The van der Waals surface area contributed by atoms with Crippen molar-refractivity contribution in [1.29, 1.82) is 0 Å². The minimum atomic E-state index is -0.150. The Labute approximate surface area is 415 Å². The summed E-state index contributed by atoms with van der Waals surface area (Å²) in [4.78, 5) is 10.7. The second-order valence-electron chi connectivity index (χ2n) is 24.1. The number of nitrogens with zero attached hydrogens (tertiary/aromatic N) is 3. The molecule has 0 unspecified atom stereocenters. The first-order valence-electron chi connectivity index (χ1n) is 23.7. The number of phenolic OH excluding ortho intramolecular Hbond substituents is 1. The molecule has 0 radical (unpaired) electrons. The van der Waals surface area contributed by atoms with Crippen LogP contribution in [0.25, 0.3) is 72.4 Å². The van der Waals surface area contributed by atoms with E-state index in [2.05, 4.69) is 218 Å². The third kappa shape index (κ3) is 9.98. The van der Waals surface area contributed by atoms with Gasteiger partial charge in [0, 0.05) is 38.5 Å². The molecular formula is C62H70N3OPt-. The number of aryl methyl sites for hydroxylation is 1. The van der Waals surface area contributed by atoms with Gasteiger partial charge in [-0.3, -0.25) is 9.55 Å². The largest absolute Gasteiger partial charge is 0.507 e. The molecule has 0 saturated carbocycles. The summed E-state index contributed by atoms with van der Waals surface area (Å²) in [6.45, 7) is 36.5. The zero-order valence-corrected chi connectivity index (χ0v) is 45.0. The molecule has 0 aliphatic heterocycles. The van der Waals surface area contributed by atoms with E-state index >= 15 is 0 Å². The average molecular weight is 1070 g/mol. The first kappa shape index (κ1) is 49.6. The maximum absolute atomic E-state index is 11.9. The van der Waals surface area contributed by atoms with Crippen LogP contribution in [0.3, 0.4) is 0 Å². The topological polar surface area (TPSA) is 50.9 Å². The number of hydrogen-bond donors (Lipinski definition) is 1. The monoisotopic (exact) mass is 1070 g/mol. The molecule has 1 N–H and O–H groups in total. The molecule has 6 aromatic carbocycles. The maximum atomic E-state index is 11.9. The molecule has 8 aromatic rings. The first-order valence-corrected chi connectivity index (χ1v) is 23.7. The van der Waals surface area contributed by atoms with Crippen LogP contribution in [0.15, 0.2) is 121 Å². The van der Waals surface area contributed by atoms with Gasteiger partial charge in [0.25, 0.3) is 0 Å². The zero-order chi connectivity index (χ0) is 47.9. The van der Waals surface area contributed by atoms with Gasteiger partial charge in [0.1, 0.15) is 11.6 Å². The van der Waals surface area contributed by atoms with Gasteiger partial charge in [-0.1, -0.05) is 187 Å². The minimum absolute atomic E-state index is 0. The number of hydrogen-bond acceptors (Lipinski definition) is 3. The van der Waals surface area contributed by atoms with Crippen molar-refractivity contribution in [3.63, 3.8) is 0 Å². The molecule has 0 aliphatic rings. The summed E-state index contributed by atoms with van der Waals surface area (Å²) in [6.07, 6.45) is 1.89. The van der Waals surface area contributed by atoms with Crippen molar-refractivity contribution < 1.29 is 26.2 Å². The Morgan fingerprint density at radius 3 is 1.63 bits per heavy atom. The van der Waals surface area contributed by atoms with E-state index in [0.29, 0.717) is 11.4 Å². The van der Waals surface area contributed by atoms with E-state index in [4.69, 9.17) is 9.97 Å². The summed E-state index contributed by atoms with van der Waals surface area (Å²) in [5, 5.41) is 13.0. The van der Waals surface area contributed by atoms with Gasteiger partial charge in [0.05, 0.1) is 16.6 Å². The van der Waals surface area contributed by atoms with Crippen molar-refractivity contribution in [1.82, 2.24) is 14.5 Å². The van der Waals surface area contributed by atoms with Crippen LogP contribution in [0.5, 0.6) is 5.75 Å². The van der Waals surface area contributed by atoms with E-state index < -0.39 is 0 Å². The van der Waals surface area contributed by atoms with Crippen molar-refractivity contribution in [2.75, 3.05) is 0 Å². The molecule has 0 saturated heterocycles. The Morgan fingerprint density at radius 1 is 0.537 bits per heavy atom. The van der Waals surface area contributed by atoms with Crippen LogP contribution in [-0.4, -0.2) is 19.6 Å². The van der Waals surface area contributed by atoms with Gasteiger partial charge < -0.3 is 5.11 Å². The second kappa shape index (κ2) is 17.6. The number of aromatic nitrogens is 3. The zero-order valence-electron chi connectivity index (χ0n) is 42.7. The Hall–Kier alpha value is -5.31. The van der Waals surface area contributed by atoms with Crippen LogP contribution in [0.2, 0.25) is 0 Å². The molecule has 0 amide bonds. The number of imidazole rings is 1. The molecule has 8 rings (SSSR count). The van der Waals surface area contributed by atoms with E-state index in [1.807, 2.05) is 24.4 Å². The Morgan fingerprint density at radius 2 is 1.07 bits per heavy atom. The third-order valence-electron chi connectivity index (χ3n) is 13.3. The fraction of sp³-hybridized carbons (Fsp3) is 0.355. The number of phenols is 1. The number of benzene rings is 6.